The first kappa shape index (κ1) is 27.4. The number of halogens is 6. The minimum Gasteiger partial charge on any atom is -0.355 e. The summed E-state index contributed by atoms with van der Waals surface area (Å²) in [5, 5.41) is 0. The zero-order valence-corrected chi connectivity index (χ0v) is 20.9. The van der Waals surface area contributed by atoms with Crippen molar-refractivity contribution in [1.82, 2.24) is 19.8 Å². The molecule has 6 nitrogen and oxygen atoms in total. The van der Waals surface area contributed by atoms with Crippen LogP contribution in [0.4, 0.5) is 38.0 Å². The topological polar surface area (TPSA) is 38.7 Å². The molecule has 2 atom stereocenters. The van der Waals surface area contributed by atoms with Crippen molar-refractivity contribution in [3.05, 3.63) is 47.8 Å². The van der Waals surface area contributed by atoms with Crippen molar-refractivity contribution in [2.45, 2.75) is 44.7 Å². The van der Waals surface area contributed by atoms with Crippen LogP contribution in [0.25, 0.3) is 0 Å². The fourth-order valence-electron chi connectivity index (χ4n) is 5.02. The Morgan fingerprint density at radius 1 is 0.595 bits per heavy atom. The average molecular weight is 531 g/mol. The molecule has 2 aromatic rings. The molecule has 0 aliphatic carbocycles. The molecule has 2 fully saturated rings. The second-order valence-corrected chi connectivity index (χ2v) is 9.69. The average Bonchev–Trinajstić information content (AvgIpc) is 3.13. The van der Waals surface area contributed by atoms with Gasteiger partial charge in [0.25, 0.3) is 0 Å². The molecule has 4 rings (SSSR count). The van der Waals surface area contributed by atoms with Crippen molar-refractivity contribution in [2.75, 3.05) is 62.2 Å². The van der Waals surface area contributed by atoms with Crippen LogP contribution in [0.3, 0.4) is 0 Å². The third kappa shape index (κ3) is 6.64. The Kier molecular flexibility index (Phi) is 8.17. The fourth-order valence-corrected chi connectivity index (χ4v) is 5.02. The Labute approximate surface area is 212 Å². The van der Waals surface area contributed by atoms with Gasteiger partial charge in [0.1, 0.15) is 11.6 Å². The van der Waals surface area contributed by atoms with Gasteiger partial charge in [0.05, 0.1) is 11.1 Å². The summed E-state index contributed by atoms with van der Waals surface area (Å²) >= 11 is 0. The second-order valence-electron chi connectivity index (χ2n) is 9.69. The van der Waals surface area contributed by atoms with Gasteiger partial charge in [-0.2, -0.15) is 26.3 Å². The van der Waals surface area contributed by atoms with Crippen molar-refractivity contribution in [1.29, 1.82) is 0 Å². The van der Waals surface area contributed by atoms with Gasteiger partial charge < -0.3 is 9.80 Å². The largest absolute Gasteiger partial charge is 0.417 e. The standard InChI is InChI=1S/C25H32F6N6/c1-18(34-8-3-9-36(13-10-34)22-6-4-20(16-32-22)24(26,27)28)19(2)35-11-14-37(15-12-35)23-7-5-21(17-33-23)25(29,30)31/h4-7,16-19H,3,8-15H2,1-2H3. The van der Waals surface area contributed by atoms with Gasteiger partial charge in [-0.1, -0.05) is 0 Å². The summed E-state index contributed by atoms with van der Waals surface area (Å²) in [6.07, 6.45) is -6.13. The van der Waals surface area contributed by atoms with E-state index in [4.69, 9.17) is 0 Å². The maximum Gasteiger partial charge on any atom is 0.417 e. The number of rotatable bonds is 5. The van der Waals surface area contributed by atoms with Crippen LogP contribution in [0.1, 0.15) is 31.4 Å². The highest BCUT2D eigenvalue weighted by Crippen LogP contribution is 2.31. The van der Waals surface area contributed by atoms with Gasteiger partial charge in [0.15, 0.2) is 0 Å². The van der Waals surface area contributed by atoms with E-state index in [0.29, 0.717) is 31.3 Å². The molecule has 0 saturated carbocycles. The van der Waals surface area contributed by atoms with E-state index in [-0.39, 0.29) is 12.1 Å². The van der Waals surface area contributed by atoms with E-state index in [2.05, 4.69) is 33.6 Å². The Bertz CT molecular complexity index is 1000. The first-order valence-corrected chi connectivity index (χ1v) is 12.5. The maximum absolute atomic E-state index is 12.9. The Balaban J connectivity index is 1.28. The van der Waals surface area contributed by atoms with Gasteiger partial charge in [-0.3, -0.25) is 9.80 Å². The number of hydrogen-bond donors (Lipinski definition) is 0. The highest BCUT2D eigenvalue weighted by Gasteiger charge is 2.33. The molecule has 4 heterocycles. The Morgan fingerprint density at radius 2 is 1.00 bits per heavy atom. The zero-order chi connectivity index (χ0) is 26.8. The minimum absolute atomic E-state index is 0.260. The molecule has 2 aliphatic rings. The van der Waals surface area contributed by atoms with Gasteiger partial charge >= 0.3 is 12.4 Å². The Morgan fingerprint density at radius 3 is 1.38 bits per heavy atom. The molecule has 37 heavy (non-hydrogen) atoms. The second kappa shape index (κ2) is 11.0. The smallest absolute Gasteiger partial charge is 0.355 e. The number of alkyl halides is 6. The van der Waals surface area contributed by atoms with Crippen LogP contribution < -0.4 is 9.80 Å². The van der Waals surface area contributed by atoms with E-state index in [1.54, 1.807) is 0 Å². The molecular weight excluding hydrogens is 498 g/mol. The van der Waals surface area contributed by atoms with Gasteiger partial charge in [-0.05, 0) is 44.5 Å². The monoisotopic (exact) mass is 530 g/mol. The molecule has 204 valence electrons. The molecule has 2 unspecified atom stereocenters. The van der Waals surface area contributed by atoms with E-state index in [9.17, 15) is 26.3 Å². The van der Waals surface area contributed by atoms with Crippen molar-refractivity contribution in [3.8, 4) is 0 Å². The fraction of sp³-hybridized carbons (Fsp3) is 0.600. The van der Waals surface area contributed by atoms with E-state index in [1.165, 1.54) is 12.1 Å². The van der Waals surface area contributed by atoms with Crippen molar-refractivity contribution < 1.29 is 26.3 Å². The Hall–Kier alpha value is -2.60. The summed E-state index contributed by atoms with van der Waals surface area (Å²) in [5.41, 5.74) is -1.49. The van der Waals surface area contributed by atoms with Crippen molar-refractivity contribution >= 4 is 11.6 Å². The summed E-state index contributed by atoms with van der Waals surface area (Å²) in [6, 6.07) is 5.54. The van der Waals surface area contributed by atoms with Crippen LogP contribution >= 0.6 is 0 Å². The molecule has 2 aliphatic heterocycles. The number of hydrogen-bond acceptors (Lipinski definition) is 6. The lowest BCUT2D eigenvalue weighted by Gasteiger charge is -2.43. The molecule has 0 radical (unpaired) electrons. The molecular formula is C25H32F6N6. The van der Waals surface area contributed by atoms with Gasteiger partial charge in [-0.25, -0.2) is 9.97 Å². The molecule has 12 heteroatoms. The normalized spacial score (nSPS) is 20.5. The number of anilines is 2. The van der Waals surface area contributed by atoms with E-state index in [0.717, 1.165) is 63.7 Å². The molecule has 0 spiro atoms. The zero-order valence-electron chi connectivity index (χ0n) is 20.9. The van der Waals surface area contributed by atoms with Crippen LogP contribution in [0.2, 0.25) is 0 Å². The number of piperazine rings is 1. The van der Waals surface area contributed by atoms with E-state index < -0.39 is 23.5 Å². The predicted molar refractivity (Wildman–Crippen MR) is 130 cm³/mol. The maximum atomic E-state index is 12.9. The van der Waals surface area contributed by atoms with Gasteiger partial charge in [0, 0.05) is 76.8 Å². The van der Waals surface area contributed by atoms with Crippen LogP contribution in [0.15, 0.2) is 36.7 Å². The minimum atomic E-state index is -4.40. The molecule has 0 N–H and O–H groups in total. The first-order valence-electron chi connectivity index (χ1n) is 12.5. The third-order valence-electron chi connectivity index (χ3n) is 7.49. The first-order chi connectivity index (χ1) is 17.4. The highest BCUT2D eigenvalue weighted by atomic mass is 19.4. The SMILES string of the molecule is CC(C(C)N1CCN(c2ccc(C(F)(F)F)cn2)CC1)N1CCCN(c2ccc(C(F)(F)F)cn2)CC1. The molecule has 0 aromatic carbocycles. The van der Waals surface area contributed by atoms with Crippen LogP contribution in [0.5, 0.6) is 0 Å². The molecule has 2 saturated heterocycles. The van der Waals surface area contributed by atoms with E-state index >= 15 is 0 Å². The van der Waals surface area contributed by atoms with Crippen molar-refractivity contribution in [3.63, 3.8) is 0 Å². The molecule has 0 amide bonds. The molecule has 0 bridgehead atoms. The summed E-state index contributed by atoms with van der Waals surface area (Å²) in [6.45, 7) is 10.4. The number of aromatic nitrogens is 2. The predicted octanol–water partition coefficient (Wildman–Crippen LogP) is 4.63. The quantitative estimate of drug-likeness (QED) is 0.526. The molecule has 2 aromatic heterocycles. The third-order valence-corrected chi connectivity index (χ3v) is 7.49. The van der Waals surface area contributed by atoms with Gasteiger partial charge in [0.2, 0.25) is 0 Å². The van der Waals surface area contributed by atoms with Crippen LogP contribution in [-0.2, 0) is 12.4 Å². The van der Waals surface area contributed by atoms with Crippen LogP contribution in [0, 0.1) is 0 Å². The lowest BCUT2D eigenvalue weighted by Crippen LogP contribution is -2.56. The number of nitrogens with zero attached hydrogens (tertiary/aromatic N) is 6. The summed E-state index contributed by atoms with van der Waals surface area (Å²) in [5.74, 6) is 1.11. The summed E-state index contributed by atoms with van der Waals surface area (Å²) in [4.78, 5) is 16.9. The van der Waals surface area contributed by atoms with E-state index in [1.807, 2.05) is 9.80 Å². The highest BCUT2D eigenvalue weighted by molar-refractivity contribution is 5.41. The summed E-state index contributed by atoms with van der Waals surface area (Å²) in [7, 11) is 0. The number of pyridine rings is 2. The lowest BCUT2D eigenvalue weighted by atomic mass is 10.1. The van der Waals surface area contributed by atoms with Crippen LogP contribution in [-0.4, -0.2) is 84.2 Å². The summed E-state index contributed by atoms with van der Waals surface area (Å²) < 4.78 is 77.0. The van der Waals surface area contributed by atoms with Crippen molar-refractivity contribution in [2.24, 2.45) is 0 Å². The lowest BCUT2D eigenvalue weighted by molar-refractivity contribution is -0.138. The van der Waals surface area contributed by atoms with Gasteiger partial charge in [-0.15, -0.1) is 0 Å².